The van der Waals surface area contributed by atoms with Crippen LogP contribution in [0.1, 0.15) is 44.1 Å². The second kappa shape index (κ2) is 10.0. The minimum absolute atomic E-state index is 0.0200. The molecule has 0 bridgehead atoms. The van der Waals surface area contributed by atoms with Crippen molar-refractivity contribution in [3.05, 3.63) is 29.6 Å². The lowest BCUT2D eigenvalue weighted by atomic mass is 9.83. The number of benzene rings is 1. The maximum atomic E-state index is 14.4. The molecule has 2 atom stereocenters. The fraction of sp³-hybridized carbons (Fsp3) is 0.692. The second-order valence-corrected chi connectivity index (χ2v) is 10.6. The molecule has 4 fully saturated rings. The molecule has 9 heteroatoms. The van der Waals surface area contributed by atoms with Crippen LogP contribution in [0.15, 0.2) is 18.2 Å². The zero-order chi connectivity index (χ0) is 24.6. The van der Waals surface area contributed by atoms with Gasteiger partial charge in [0.2, 0.25) is 11.8 Å². The smallest absolute Gasteiger partial charge is 0.243 e. The van der Waals surface area contributed by atoms with Crippen molar-refractivity contribution < 1.29 is 23.5 Å². The molecule has 0 aliphatic carbocycles. The Morgan fingerprint density at radius 3 is 2.63 bits per heavy atom. The standard InChI is InChI=1S/C26H37FN4O4/c1-29(19-5-11-35-12-6-19)20-13-23-25(33)28-26(15-24(32)31(23)17-20)7-9-30(10-8-26)16-18-3-4-21(34-2)14-22(18)27/h3-4,14,19-20,23H,5-13,15-17H2,1-2H3,(H,28,33)/t20-,23-/m0/s1. The van der Waals surface area contributed by atoms with Gasteiger partial charge in [0, 0.05) is 63.1 Å². The Morgan fingerprint density at radius 2 is 1.94 bits per heavy atom. The van der Waals surface area contributed by atoms with E-state index in [2.05, 4.69) is 22.2 Å². The van der Waals surface area contributed by atoms with Gasteiger partial charge >= 0.3 is 0 Å². The summed E-state index contributed by atoms with van der Waals surface area (Å²) in [6.07, 6.45) is 4.40. The molecule has 4 aliphatic rings. The van der Waals surface area contributed by atoms with Crippen LogP contribution in [0.2, 0.25) is 0 Å². The Morgan fingerprint density at radius 1 is 1.20 bits per heavy atom. The van der Waals surface area contributed by atoms with Crippen LogP contribution in [0, 0.1) is 5.82 Å². The monoisotopic (exact) mass is 488 g/mol. The Labute approximate surface area is 206 Å². The summed E-state index contributed by atoms with van der Waals surface area (Å²) in [6.45, 7) is 4.09. The number of fused-ring (bicyclic) bond motifs is 1. The third kappa shape index (κ3) is 5.04. The van der Waals surface area contributed by atoms with Gasteiger partial charge in [-0.1, -0.05) is 6.07 Å². The van der Waals surface area contributed by atoms with Crippen molar-refractivity contribution in [2.75, 3.05) is 47.0 Å². The quantitative estimate of drug-likeness (QED) is 0.681. The molecule has 0 radical (unpaired) electrons. The minimum atomic E-state index is -0.504. The third-order valence-electron chi connectivity index (χ3n) is 8.59. The highest BCUT2D eigenvalue weighted by Crippen LogP contribution is 2.34. The average molecular weight is 489 g/mol. The Bertz CT molecular complexity index is 917. The molecule has 0 unspecified atom stereocenters. The number of nitrogens with one attached hydrogen (secondary N) is 1. The van der Waals surface area contributed by atoms with E-state index in [0.29, 0.717) is 69.2 Å². The minimum Gasteiger partial charge on any atom is -0.497 e. The molecule has 1 spiro atoms. The Kier molecular flexibility index (Phi) is 7.01. The molecule has 0 aromatic heterocycles. The first-order valence-electron chi connectivity index (χ1n) is 12.8. The van der Waals surface area contributed by atoms with Crippen LogP contribution in [-0.2, 0) is 20.9 Å². The predicted octanol–water partition coefficient (Wildman–Crippen LogP) is 1.77. The number of likely N-dealkylation sites (N-methyl/N-ethyl adjacent to an activating group) is 1. The van der Waals surface area contributed by atoms with E-state index in [1.807, 2.05) is 4.90 Å². The van der Waals surface area contributed by atoms with E-state index in [9.17, 15) is 14.0 Å². The number of piperidine rings is 1. The zero-order valence-electron chi connectivity index (χ0n) is 20.8. The number of hydrogen-bond donors (Lipinski definition) is 1. The zero-order valence-corrected chi connectivity index (χ0v) is 20.8. The van der Waals surface area contributed by atoms with Crippen molar-refractivity contribution in [1.82, 2.24) is 20.0 Å². The first-order valence-corrected chi connectivity index (χ1v) is 12.8. The van der Waals surface area contributed by atoms with E-state index in [0.717, 1.165) is 26.1 Å². The fourth-order valence-corrected chi connectivity index (χ4v) is 6.27. The molecule has 0 saturated carbocycles. The number of ether oxygens (including phenoxy) is 2. The van der Waals surface area contributed by atoms with Crippen LogP contribution in [0.25, 0.3) is 0 Å². The van der Waals surface area contributed by atoms with Crippen molar-refractivity contribution in [1.29, 1.82) is 0 Å². The van der Waals surface area contributed by atoms with E-state index < -0.39 is 5.54 Å². The van der Waals surface area contributed by atoms with Gasteiger partial charge in [-0.2, -0.15) is 0 Å². The van der Waals surface area contributed by atoms with E-state index in [1.165, 1.54) is 13.2 Å². The Balaban J connectivity index is 1.19. The van der Waals surface area contributed by atoms with Gasteiger partial charge in [-0.15, -0.1) is 0 Å². The van der Waals surface area contributed by atoms with Crippen molar-refractivity contribution in [3.8, 4) is 5.75 Å². The first kappa shape index (κ1) is 24.5. The predicted molar refractivity (Wildman–Crippen MR) is 128 cm³/mol. The fourth-order valence-electron chi connectivity index (χ4n) is 6.27. The number of likely N-dealkylation sites (tertiary alicyclic amines) is 1. The maximum absolute atomic E-state index is 14.4. The molecular weight excluding hydrogens is 451 g/mol. The number of nitrogens with zero attached hydrogens (tertiary/aromatic N) is 3. The molecule has 1 N–H and O–H groups in total. The largest absolute Gasteiger partial charge is 0.497 e. The van der Waals surface area contributed by atoms with E-state index in [1.54, 1.807) is 12.1 Å². The van der Waals surface area contributed by atoms with Gasteiger partial charge in [0.05, 0.1) is 19.1 Å². The van der Waals surface area contributed by atoms with Crippen LogP contribution in [0.3, 0.4) is 0 Å². The number of carbonyl (C=O) groups excluding carboxylic acids is 2. The Hall–Kier alpha value is -2.23. The summed E-state index contributed by atoms with van der Waals surface area (Å²) < 4.78 is 25.0. The topological polar surface area (TPSA) is 74.3 Å². The molecule has 192 valence electrons. The molecule has 35 heavy (non-hydrogen) atoms. The molecule has 4 aliphatic heterocycles. The number of amides is 2. The normalized spacial score (nSPS) is 27.7. The van der Waals surface area contributed by atoms with Crippen LogP contribution < -0.4 is 10.1 Å². The van der Waals surface area contributed by atoms with Crippen molar-refractivity contribution >= 4 is 11.8 Å². The number of carbonyl (C=O) groups is 2. The van der Waals surface area contributed by atoms with Crippen molar-refractivity contribution in [2.45, 2.75) is 68.7 Å². The highest BCUT2D eigenvalue weighted by atomic mass is 19.1. The summed E-state index contributed by atoms with van der Waals surface area (Å²) >= 11 is 0. The molecule has 4 saturated heterocycles. The van der Waals surface area contributed by atoms with Gasteiger partial charge in [-0.3, -0.25) is 19.4 Å². The second-order valence-electron chi connectivity index (χ2n) is 10.6. The van der Waals surface area contributed by atoms with E-state index in [4.69, 9.17) is 9.47 Å². The molecule has 5 rings (SSSR count). The maximum Gasteiger partial charge on any atom is 0.243 e. The lowest BCUT2D eigenvalue weighted by Crippen LogP contribution is -2.56. The molecular formula is C26H37FN4O4. The lowest BCUT2D eigenvalue weighted by molar-refractivity contribution is -0.135. The van der Waals surface area contributed by atoms with Crippen LogP contribution in [-0.4, -0.2) is 97.2 Å². The first-order chi connectivity index (χ1) is 16.9. The number of hydrogen-bond acceptors (Lipinski definition) is 6. The SMILES string of the molecule is COc1ccc(CN2CCC3(CC2)CC(=O)N2C[C@@H](N(C)C4CCOCC4)C[C@H]2C(=O)N3)c(F)c1. The van der Waals surface area contributed by atoms with Gasteiger partial charge in [0.15, 0.2) is 0 Å². The van der Waals surface area contributed by atoms with Crippen molar-refractivity contribution in [2.24, 2.45) is 0 Å². The molecule has 2 amide bonds. The molecule has 8 nitrogen and oxygen atoms in total. The van der Waals surface area contributed by atoms with Gasteiger partial charge in [0.25, 0.3) is 0 Å². The lowest BCUT2D eigenvalue weighted by Gasteiger charge is -2.41. The van der Waals surface area contributed by atoms with E-state index >= 15 is 0 Å². The third-order valence-corrected chi connectivity index (χ3v) is 8.59. The molecule has 1 aromatic rings. The highest BCUT2D eigenvalue weighted by molar-refractivity contribution is 5.92. The number of methoxy groups -OCH3 is 1. The summed E-state index contributed by atoms with van der Waals surface area (Å²) in [4.78, 5) is 33.1. The average Bonchev–Trinajstić information content (AvgIpc) is 3.29. The molecule has 4 heterocycles. The number of rotatable bonds is 5. The van der Waals surface area contributed by atoms with Gasteiger partial charge in [0.1, 0.15) is 17.6 Å². The number of halogens is 1. The summed E-state index contributed by atoms with van der Waals surface area (Å²) in [7, 11) is 3.65. The van der Waals surface area contributed by atoms with Gasteiger partial charge < -0.3 is 19.7 Å². The van der Waals surface area contributed by atoms with Gasteiger partial charge in [-0.25, -0.2) is 4.39 Å². The van der Waals surface area contributed by atoms with Crippen molar-refractivity contribution in [3.63, 3.8) is 0 Å². The van der Waals surface area contributed by atoms with E-state index in [-0.39, 0.29) is 29.7 Å². The summed E-state index contributed by atoms with van der Waals surface area (Å²) in [6, 6.07) is 5.20. The van der Waals surface area contributed by atoms with Crippen LogP contribution in [0.4, 0.5) is 4.39 Å². The van der Waals surface area contributed by atoms with Crippen LogP contribution in [0.5, 0.6) is 5.75 Å². The summed E-state index contributed by atoms with van der Waals surface area (Å²) in [5.41, 5.74) is 0.123. The van der Waals surface area contributed by atoms with Gasteiger partial charge in [-0.05, 0) is 45.2 Å². The summed E-state index contributed by atoms with van der Waals surface area (Å²) in [5.74, 6) is 0.285. The molecule has 1 aromatic carbocycles. The summed E-state index contributed by atoms with van der Waals surface area (Å²) in [5, 5.41) is 3.29. The van der Waals surface area contributed by atoms with Crippen LogP contribution >= 0.6 is 0 Å². The highest BCUT2D eigenvalue weighted by Gasteiger charge is 2.49.